The van der Waals surface area contributed by atoms with Gasteiger partial charge in [0, 0.05) is 34.7 Å². The van der Waals surface area contributed by atoms with Crippen LogP contribution in [-0.4, -0.2) is 37.1 Å². The Bertz CT molecular complexity index is 1460. The summed E-state index contributed by atoms with van der Waals surface area (Å²) >= 11 is 0. The first kappa shape index (κ1) is 26.1. The van der Waals surface area contributed by atoms with Crippen LogP contribution in [-0.2, 0) is 21.3 Å². The molecule has 1 aromatic heterocycles. The highest BCUT2D eigenvalue weighted by molar-refractivity contribution is 7.85. The Morgan fingerprint density at radius 3 is 2.32 bits per heavy atom. The zero-order chi connectivity index (χ0) is 26.4. The predicted octanol–water partition coefficient (Wildman–Crippen LogP) is 4.92. The number of amides is 2. The van der Waals surface area contributed by atoms with Crippen molar-refractivity contribution in [1.29, 1.82) is 0 Å². The van der Waals surface area contributed by atoms with Crippen LogP contribution in [0.15, 0.2) is 83.3 Å². The smallest absolute Gasteiger partial charge is 0.266 e. The van der Waals surface area contributed by atoms with Gasteiger partial charge in [-0.25, -0.2) is 0 Å². The van der Waals surface area contributed by atoms with E-state index in [-0.39, 0.29) is 18.4 Å². The second kappa shape index (κ2) is 11.4. The molecule has 1 unspecified atom stereocenters. The molecule has 0 aliphatic rings. The van der Waals surface area contributed by atoms with Gasteiger partial charge in [0.15, 0.2) is 0 Å². The molecule has 37 heavy (non-hydrogen) atoms. The van der Waals surface area contributed by atoms with Crippen LogP contribution in [0.25, 0.3) is 22.3 Å². The van der Waals surface area contributed by atoms with E-state index >= 15 is 0 Å². The molecule has 1 heterocycles. The van der Waals surface area contributed by atoms with Gasteiger partial charge in [-0.05, 0) is 66.9 Å². The Labute approximate surface area is 215 Å². The molecule has 0 aliphatic carbocycles. The molecular weight excluding hydrogens is 492 g/mol. The first-order valence-corrected chi connectivity index (χ1v) is 13.5. The molecule has 0 saturated heterocycles. The minimum atomic E-state index is -4.13. The summed E-state index contributed by atoms with van der Waals surface area (Å²) < 4.78 is 36.2. The molecule has 4 aromatic rings. The molecule has 8 nitrogen and oxygen atoms in total. The van der Waals surface area contributed by atoms with Gasteiger partial charge in [0.2, 0.25) is 5.91 Å². The molecule has 2 amide bonds. The van der Waals surface area contributed by atoms with Gasteiger partial charge in [-0.3, -0.25) is 14.1 Å². The van der Waals surface area contributed by atoms with Crippen LogP contribution in [0.1, 0.15) is 29.3 Å². The van der Waals surface area contributed by atoms with E-state index in [2.05, 4.69) is 10.6 Å². The van der Waals surface area contributed by atoms with E-state index in [9.17, 15) is 18.0 Å². The molecule has 192 valence electrons. The average Bonchev–Trinajstić information content (AvgIpc) is 3.31. The summed E-state index contributed by atoms with van der Waals surface area (Å²) in [6.07, 6.45) is 1.14. The quantitative estimate of drug-likeness (QED) is 0.255. The Morgan fingerprint density at radius 1 is 0.973 bits per heavy atom. The third kappa shape index (κ3) is 7.05. The standard InChI is InChI=1S/C28H28N2O6S/c1-2-20(17-19-7-9-22(10-8-19)27(31)29-15-16-37(33,34)35)28(32)30-24-13-11-21(12-14-24)26-18-23-5-3-4-6-25(23)36-26/h3-14,18,20H,2,15-17H2,1H3,(H,29,31)(H,30,32)(H,33,34,35). The fourth-order valence-corrected chi connectivity index (χ4v) is 4.34. The molecular formula is C28H28N2O6S. The molecule has 0 bridgehead atoms. The maximum Gasteiger partial charge on any atom is 0.266 e. The highest BCUT2D eigenvalue weighted by Crippen LogP contribution is 2.28. The number of benzene rings is 3. The number of rotatable bonds is 10. The first-order valence-electron chi connectivity index (χ1n) is 11.9. The van der Waals surface area contributed by atoms with E-state index in [0.717, 1.165) is 27.9 Å². The lowest BCUT2D eigenvalue weighted by molar-refractivity contribution is -0.119. The summed E-state index contributed by atoms with van der Waals surface area (Å²) in [7, 11) is -4.13. The van der Waals surface area contributed by atoms with Crippen LogP contribution >= 0.6 is 0 Å². The van der Waals surface area contributed by atoms with Crippen molar-refractivity contribution < 1.29 is 27.0 Å². The average molecular weight is 521 g/mol. The fourth-order valence-electron chi connectivity index (χ4n) is 3.98. The molecule has 0 radical (unpaired) electrons. The van der Waals surface area contributed by atoms with Gasteiger partial charge in [-0.1, -0.05) is 37.3 Å². The van der Waals surface area contributed by atoms with Gasteiger partial charge in [0.05, 0.1) is 5.75 Å². The maximum atomic E-state index is 12.9. The van der Waals surface area contributed by atoms with Crippen molar-refractivity contribution >= 4 is 38.6 Å². The Hall–Kier alpha value is -3.95. The minimum absolute atomic E-state index is 0.0916. The fraction of sp³-hybridized carbons (Fsp3) is 0.214. The number of carbonyl (C=O) groups is 2. The van der Waals surface area contributed by atoms with E-state index in [0.29, 0.717) is 24.1 Å². The first-order chi connectivity index (χ1) is 17.7. The molecule has 0 spiro atoms. The Balaban J connectivity index is 1.33. The molecule has 3 aromatic carbocycles. The van der Waals surface area contributed by atoms with Crippen molar-refractivity contribution in [3.05, 3.63) is 90.0 Å². The van der Waals surface area contributed by atoms with Gasteiger partial charge in [-0.2, -0.15) is 8.42 Å². The summed E-state index contributed by atoms with van der Waals surface area (Å²) in [5.41, 5.74) is 3.70. The zero-order valence-electron chi connectivity index (χ0n) is 20.3. The normalized spacial score (nSPS) is 12.3. The lowest BCUT2D eigenvalue weighted by Gasteiger charge is -2.15. The summed E-state index contributed by atoms with van der Waals surface area (Å²) in [6, 6.07) is 24.1. The number of hydrogen-bond donors (Lipinski definition) is 3. The summed E-state index contributed by atoms with van der Waals surface area (Å²) in [6.45, 7) is 1.77. The van der Waals surface area contributed by atoms with Gasteiger partial charge in [0.1, 0.15) is 11.3 Å². The van der Waals surface area contributed by atoms with E-state index in [1.54, 1.807) is 24.3 Å². The number of fused-ring (bicyclic) bond motifs is 1. The predicted molar refractivity (Wildman–Crippen MR) is 143 cm³/mol. The number of para-hydroxylation sites is 1. The van der Waals surface area contributed by atoms with Crippen LogP contribution in [0.4, 0.5) is 5.69 Å². The Kier molecular flexibility index (Phi) is 8.05. The lowest BCUT2D eigenvalue weighted by atomic mass is 9.95. The highest BCUT2D eigenvalue weighted by atomic mass is 32.2. The van der Waals surface area contributed by atoms with Crippen LogP contribution in [0.3, 0.4) is 0 Å². The number of hydrogen-bond acceptors (Lipinski definition) is 5. The molecule has 9 heteroatoms. The third-order valence-electron chi connectivity index (χ3n) is 6.07. The minimum Gasteiger partial charge on any atom is -0.456 e. The van der Waals surface area contributed by atoms with E-state index in [1.165, 1.54) is 0 Å². The molecule has 0 fully saturated rings. The van der Waals surface area contributed by atoms with Crippen LogP contribution in [0, 0.1) is 5.92 Å². The number of nitrogens with one attached hydrogen (secondary N) is 2. The van der Waals surface area contributed by atoms with E-state index in [1.807, 2.05) is 61.5 Å². The molecule has 1 atom stereocenters. The van der Waals surface area contributed by atoms with Crippen LogP contribution < -0.4 is 10.6 Å². The number of furan rings is 1. The topological polar surface area (TPSA) is 126 Å². The highest BCUT2D eigenvalue weighted by Gasteiger charge is 2.18. The van der Waals surface area contributed by atoms with Crippen molar-refractivity contribution in [2.24, 2.45) is 5.92 Å². The molecule has 0 aliphatic heterocycles. The maximum absolute atomic E-state index is 12.9. The summed E-state index contributed by atoms with van der Waals surface area (Å²) in [5.74, 6) is -0.574. The summed E-state index contributed by atoms with van der Waals surface area (Å²) in [4.78, 5) is 25.1. The molecule has 0 saturated carbocycles. The monoisotopic (exact) mass is 520 g/mol. The van der Waals surface area contributed by atoms with E-state index < -0.39 is 21.8 Å². The van der Waals surface area contributed by atoms with Gasteiger partial charge >= 0.3 is 0 Å². The van der Waals surface area contributed by atoms with Crippen molar-refractivity contribution in [2.75, 3.05) is 17.6 Å². The van der Waals surface area contributed by atoms with Crippen LogP contribution in [0.2, 0.25) is 0 Å². The SMILES string of the molecule is CCC(Cc1ccc(C(=O)NCCS(=O)(=O)O)cc1)C(=O)Nc1ccc(-c2cc3ccccc3o2)cc1. The van der Waals surface area contributed by atoms with Gasteiger partial charge in [0.25, 0.3) is 16.0 Å². The third-order valence-corrected chi connectivity index (χ3v) is 6.79. The lowest BCUT2D eigenvalue weighted by Crippen LogP contribution is -2.28. The van der Waals surface area contributed by atoms with Gasteiger partial charge < -0.3 is 15.1 Å². The Morgan fingerprint density at radius 2 is 1.68 bits per heavy atom. The van der Waals surface area contributed by atoms with Gasteiger partial charge in [-0.15, -0.1) is 0 Å². The summed E-state index contributed by atoms with van der Waals surface area (Å²) in [5, 5.41) is 6.46. The van der Waals surface area contributed by atoms with Crippen molar-refractivity contribution in [3.8, 4) is 11.3 Å². The van der Waals surface area contributed by atoms with Crippen molar-refractivity contribution in [2.45, 2.75) is 19.8 Å². The number of carbonyl (C=O) groups excluding carboxylic acids is 2. The number of anilines is 1. The van der Waals surface area contributed by atoms with Crippen molar-refractivity contribution in [3.63, 3.8) is 0 Å². The largest absolute Gasteiger partial charge is 0.456 e. The zero-order valence-corrected chi connectivity index (χ0v) is 21.1. The van der Waals surface area contributed by atoms with E-state index in [4.69, 9.17) is 8.97 Å². The molecule has 4 rings (SSSR count). The second-order valence-corrected chi connectivity index (χ2v) is 10.3. The van der Waals surface area contributed by atoms with Crippen molar-refractivity contribution in [1.82, 2.24) is 5.32 Å². The molecule has 3 N–H and O–H groups in total. The van der Waals surface area contributed by atoms with Crippen LogP contribution in [0.5, 0.6) is 0 Å². The second-order valence-electron chi connectivity index (χ2n) is 8.76.